The third-order valence-electron chi connectivity index (χ3n) is 2.57. The number of hydrogen-bond acceptors (Lipinski definition) is 5. The predicted octanol–water partition coefficient (Wildman–Crippen LogP) is 0.763. The van der Waals surface area contributed by atoms with E-state index in [0.29, 0.717) is 23.9 Å². The second-order valence-electron chi connectivity index (χ2n) is 4.14. The van der Waals surface area contributed by atoms with Gasteiger partial charge in [0.2, 0.25) is 0 Å². The van der Waals surface area contributed by atoms with Crippen molar-refractivity contribution in [1.82, 2.24) is 9.55 Å². The topological polar surface area (TPSA) is 78.3 Å². The highest BCUT2D eigenvalue weighted by molar-refractivity contribution is 7.85. The maximum atomic E-state index is 12.1. The molecule has 0 atom stereocenters. The minimum atomic E-state index is -3.43. The number of aromatic nitrogens is 2. The number of benzene rings is 1. The van der Waals surface area contributed by atoms with Gasteiger partial charge in [0.05, 0.1) is 30.1 Å². The zero-order valence-electron chi connectivity index (χ0n) is 10.4. The molecule has 1 heterocycles. The predicted molar refractivity (Wildman–Crippen MR) is 71.4 cm³/mol. The molecule has 0 amide bonds. The Morgan fingerprint density at radius 3 is 2.79 bits per heavy atom. The summed E-state index contributed by atoms with van der Waals surface area (Å²) in [4.78, 5) is 16.3. The van der Waals surface area contributed by atoms with Crippen molar-refractivity contribution in [3.05, 3.63) is 40.9 Å². The maximum Gasteiger partial charge on any atom is 0.264 e. The van der Waals surface area contributed by atoms with Crippen molar-refractivity contribution >= 4 is 21.0 Å². The first kappa shape index (κ1) is 13.7. The van der Waals surface area contributed by atoms with E-state index in [0.717, 1.165) is 6.26 Å². The highest BCUT2D eigenvalue weighted by Gasteiger charge is 2.04. The van der Waals surface area contributed by atoms with Crippen LogP contribution in [0.25, 0.3) is 10.9 Å². The second-order valence-corrected chi connectivity index (χ2v) is 5.78. The van der Waals surface area contributed by atoms with Crippen LogP contribution in [0, 0.1) is 0 Å². The molecule has 6 nitrogen and oxygen atoms in total. The van der Waals surface area contributed by atoms with Gasteiger partial charge in [-0.2, -0.15) is 8.42 Å². The molecule has 1 aromatic carbocycles. The molecule has 0 radical (unpaired) electrons. The van der Waals surface area contributed by atoms with E-state index >= 15 is 0 Å². The van der Waals surface area contributed by atoms with Crippen LogP contribution in [0.3, 0.4) is 0 Å². The van der Waals surface area contributed by atoms with Crippen LogP contribution in [0.15, 0.2) is 35.4 Å². The van der Waals surface area contributed by atoms with Gasteiger partial charge < -0.3 is 0 Å². The lowest BCUT2D eigenvalue weighted by molar-refractivity contribution is 0.306. The van der Waals surface area contributed by atoms with Crippen LogP contribution in [0.4, 0.5) is 0 Å². The van der Waals surface area contributed by atoms with Gasteiger partial charge in [0, 0.05) is 6.54 Å². The number of rotatable bonds is 5. The van der Waals surface area contributed by atoms with Crippen molar-refractivity contribution in [3.63, 3.8) is 0 Å². The van der Waals surface area contributed by atoms with Gasteiger partial charge in [-0.05, 0) is 18.6 Å². The molecular weight excluding hydrogens is 268 g/mol. The van der Waals surface area contributed by atoms with Gasteiger partial charge in [-0.25, -0.2) is 4.98 Å². The van der Waals surface area contributed by atoms with Crippen molar-refractivity contribution < 1.29 is 12.6 Å². The molecule has 0 N–H and O–H groups in total. The van der Waals surface area contributed by atoms with Crippen molar-refractivity contribution in [3.8, 4) is 0 Å². The Bertz CT molecular complexity index is 737. The number of fused-ring (bicyclic) bond motifs is 1. The summed E-state index contributed by atoms with van der Waals surface area (Å²) < 4.78 is 27.6. The summed E-state index contributed by atoms with van der Waals surface area (Å²) in [7, 11) is -3.43. The monoisotopic (exact) mass is 282 g/mol. The number of nitrogens with zero attached hydrogens (tertiary/aromatic N) is 2. The van der Waals surface area contributed by atoms with Crippen LogP contribution in [0.2, 0.25) is 0 Å². The molecule has 0 bridgehead atoms. The normalized spacial score (nSPS) is 11.8. The molecule has 0 spiro atoms. The fourth-order valence-corrected chi connectivity index (χ4v) is 2.13. The van der Waals surface area contributed by atoms with Gasteiger partial charge in [-0.15, -0.1) is 0 Å². The molecule has 19 heavy (non-hydrogen) atoms. The van der Waals surface area contributed by atoms with Crippen LogP contribution >= 0.6 is 0 Å². The van der Waals surface area contributed by atoms with Crippen LogP contribution in [0.1, 0.15) is 6.42 Å². The lowest BCUT2D eigenvalue weighted by Crippen LogP contribution is -2.21. The smallest absolute Gasteiger partial charge is 0.264 e. The molecular formula is C12H14N2O4S. The Morgan fingerprint density at radius 2 is 2.05 bits per heavy atom. The van der Waals surface area contributed by atoms with E-state index in [-0.39, 0.29) is 12.2 Å². The van der Waals surface area contributed by atoms with Crippen molar-refractivity contribution in [2.45, 2.75) is 13.0 Å². The Labute approximate surface area is 110 Å². The Hall–Kier alpha value is -1.73. The van der Waals surface area contributed by atoms with Crippen LogP contribution in [-0.4, -0.2) is 30.8 Å². The summed E-state index contributed by atoms with van der Waals surface area (Å²) >= 11 is 0. The average molecular weight is 282 g/mol. The van der Waals surface area contributed by atoms with Crippen molar-refractivity contribution in [1.29, 1.82) is 0 Å². The zero-order chi connectivity index (χ0) is 13.9. The summed E-state index contributed by atoms with van der Waals surface area (Å²) in [5.74, 6) is 0. The van der Waals surface area contributed by atoms with E-state index in [9.17, 15) is 13.2 Å². The second kappa shape index (κ2) is 5.50. The van der Waals surface area contributed by atoms with E-state index in [2.05, 4.69) is 9.17 Å². The highest BCUT2D eigenvalue weighted by Crippen LogP contribution is 2.04. The van der Waals surface area contributed by atoms with Gasteiger partial charge in [0.25, 0.3) is 15.7 Å². The summed E-state index contributed by atoms with van der Waals surface area (Å²) in [6.45, 7) is 0.421. The quantitative estimate of drug-likeness (QED) is 0.597. The van der Waals surface area contributed by atoms with Gasteiger partial charge >= 0.3 is 0 Å². The molecule has 0 saturated carbocycles. The first-order chi connectivity index (χ1) is 8.97. The van der Waals surface area contributed by atoms with E-state index < -0.39 is 10.1 Å². The van der Waals surface area contributed by atoms with Crippen LogP contribution in [0.5, 0.6) is 0 Å². The van der Waals surface area contributed by atoms with E-state index in [1.165, 1.54) is 10.9 Å². The lowest BCUT2D eigenvalue weighted by atomic mass is 10.2. The summed E-state index contributed by atoms with van der Waals surface area (Å²) in [5, 5.41) is 0.550. The third-order valence-corrected chi connectivity index (χ3v) is 3.17. The maximum absolute atomic E-state index is 12.1. The Morgan fingerprint density at radius 1 is 1.32 bits per heavy atom. The van der Waals surface area contributed by atoms with Gasteiger partial charge in [-0.1, -0.05) is 12.1 Å². The Balaban J connectivity index is 2.10. The number of aryl methyl sites for hydroxylation is 1. The summed E-state index contributed by atoms with van der Waals surface area (Å²) in [6, 6.07) is 7.09. The molecule has 7 heteroatoms. The molecule has 0 fully saturated rings. The molecule has 102 valence electrons. The SMILES string of the molecule is CS(=O)(=O)OCCCn1cnc2ccccc2c1=O. The largest absolute Gasteiger partial charge is 0.299 e. The third kappa shape index (κ3) is 3.62. The summed E-state index contributed by atoms with van der Waals surface area (Å²) in [6.07, 6.45) is 2.88. The first-order valence-corrected chi connectivity index (χ1v) is 7.57. The molecule has 0 aliphatic rings. The average Bonchev–Trinajstić information content (AvgIpc) is 2.36. The van der Waals surface area contributed by atoms with Crippen LogP contribution < -0.4 is 5.56 Å². The molecule has 0 aliphatic carbocycles. The molecule has 2 aromatic rings. The molecule has 2 rings (SSSR count). The molecule has 0 aliphatic heterocycles. The first-order valence-electron chi connectivity index (χ1n) is 5.76. The van der Waals surface area contributed by atoms with E-state index in [4.69, 9.17) is 0 Å². The van der Waals surface area contributed by atoms with Gasteiger partial charge in [0.15, 0.2) is 0 Å². The summed E-state index contributed by atoms with van der Waals surface area (Å²) in [5.41, 5.74) is 0.515. The molecule has 1 aromatic heterocycles. The zero-order valence-corrected chi connectivity index (χ0v) is 11.3. The fourth-order valence-electron chi connectivity index (χ4n) is 1.71. The molecule has 0 unspecified atom stereocenters. The van der Waals surface area contributed by atoms with E-state index in [1.807, 2.05) is 6.07 Å². The van der Waals surface area contributed by atoms with Crippen molar-refractivity contribution in [2.75, 3.05) is 12.9 Å². The minimum Gasteiger partial charge on any atom is -0.299 e. The lowest BCUT2D eigenvalue weighted by Gasteiger charge is -2.06. The number of hydrogen-bond donors (Lipinski definition) is 0. The molecule has 0 saturated heterocycles. The minimum absolute atomic E-state index is 0.0537. The Kier molecular flexibility index (Phi) is 3.96. The fraction of sp³-hybridized carbons (Fsp3) is 0.333. The standard InChI is InChI=1S/C12H14N2O4S/c1-19(16,17)18-8-4-7-14-9-13-11-6-3-2-5-10(11)12(14)15/h2-3,5-6,9H,4,7-8H2,1H3. The van der Waals surface area contributed by atoms with Gasteiger partial charge in [-0.3, -0.25) is 13.5 Å². The number of para-hydroxylation sites is 1. The van der Waals surface area contributed by atoms with Crippen molar-refractivity contribution in [2.24, 2.45) is 0 Å². The van der Waals surface area contributed by atoms with Gasteiger partial charge in [0.1, 0.15) is 0 Å². The van der Waals surface area contributed by atoms with Crippen LogP contribution in [-0.2, 0) is 20.8 Å². The highest BCUT2D eigenvalue weighted by atomic mass is 32.2. The van der Waals surface area contributed by atoms with E-state index in [1.54, 1.807) is 18.2 Å².